The monoisotopic (exact) mass is 556 g/mol. The van der Waals surface area contributed by atoms with Crippen LogP contribution in [0.2, 0.25) is 0 Å². The number of rotatable bonds is 14. The standard InChI is InChI=1S/C31H48N4O5/c1-4-5-15-33(17-8-14-32(2)3)29(37)22-35-21-25(23-10-11-27-24(20-23)13-19-40-27)30(31(38)39)26(35)12-18-34-16-7-6-9-28(34)36/h10-11,20,25-26,30H,4-9,12-19,21-22H2,1-3H3,(H,38,39)/t25-,26+,30?/m1/s1. The van der Waals surface area contributed by atoms with Gasteiger partial charge in [-0.15, -0.1) is 0 Å². The first-order valence-electron chi connectivity index (χ1n) is 15.2. The number of nitrogens with zero attached hydrogens (tertiary/aromatic N) is 4. The van der Waals surface area contributed by atoms with Crippen molar-refractivity contribution in [2.45, 2.75) is 70.3 Å². The summed E-state index contributed by atoms with van der Waals surface area (Å²) in [6, 6.07) is 5.74. The maximum absolute atomic E-state index is 13.7. The third-order valence-electron chi connectivity index (χ3n) is 8.80. The first-order valence-corrected chi connectivity index (χ1v) is 15.2. The van der Waals surface area contributed by atoms with Gasteiger partial charge < -0.3 is 24.5 Å². The second-order valence-corrected chi connectivity index (χ2v) is 12.0. The fourth-order valence-corrected chi connectivity index (χ4v) is 6.58. The number of ether oxygens (including phenoxy) is 1. The van der Waals surface area contributed by atoms with Gasteiger partial charge >= 0.3 is 5.97 Å². The highest BCUT2D eigenvalue weighted by molar-refractivity contribution is 5.79. The molecule has 1 unspecified atom stereocenters. The van der Waals surface area contributed by atoms with Crippen molar-refractivity contribution in [1.82, 2.24) is 19.6 Å². The first-order chi connectivity index (χ1) is 19.3. The van der Waals surface area contributed by atoms with E-state index in [-0.39, 0.29) is 30.3 Å². The smallest absolute Gasteiger partial charge is 0.308 e. The lowest BCUT2D eigenvalue weighted by Gasteiger charge is -2.32. The molecule has 222 valence electrons. The maximum atomic E-state index is 13.7. The molecule has 0 aliphatic carbocycles. The minimum atomic E-state index is -0.833. The van der Waals surface area contributed by atoms with Crippen molar-refractivity contribution in [3.05, 3.63) is 29.3 Å². The van der Waals surface area contributed by atoms with Crippen LogP contribution in [-0.2, 0) is 20.8 Å². The highest BCUT2D eigenvalue weighted by Gasteiger charge is 2.47. The number of carboxylic acid groups (broad SMARTS) is 1. The predicted molar refractivity (Wildman–Crippen MR) is 155 cm³/mol. The number of fused-ring (bicyclic) bond motifs is 1. The molecule has 1 aromatic rings. The Morgan fingerprint density at radius 1 is 1.10 bits per heavy atom. The number of benzene rings is 1. The number of carbonyl (C=O) groups is 3. The van der Waals surface area contributed by atoms with Crippen molar-refractivity contribution >= 4 is 17.8 Å². The molecule has 2 fully saturated rings. The van der Waals surface area contributed by atoms with E-state index >= 15 is 0 Å². The highest BCUT2D eigenvalue weighted by Crippen LogP contribution is 2.41. The van der Waals surface area contributed by atoms with Crippen molar-refractivity contribution in [1.29, 1.82) is 0 Å². The van der Waals surface area contributed by atoms with Gasteiger partial charge in [0.05, 0.1) is 19.1 Å². The fourth-order valence-electron chi connectivity index (χ4n) is 6.58. The molecule has 0 saturated carbocycles. The van der Waals surface area contributed by atoms with Gasteiger partial charge in [0.2, 0.25) is 11.8 Å². The molecule has 9 nitrogen and oxygen atoms in total. The molecule has 2 saturated heterocycles. The largest absolute Gasteiger partial charge is 0.493 e. The molecule has 3 aliphatic rings. The number of carboxylic acids is 1. The van der Waals surface area contributed by atoms with E-state index in [0.29, 0.717) is 39.1 Å². The highest BCUT2D eigenvalue weighted by atomic mass is 16.5. The summed E-state index contributed by atoms with van der Waals surface area (Å²) in [5.74, 6) is -0.605. The van der Waals surface area contributed by atoms with Crippen LogP contribution in [0, 0.1) is 5.92 Å². The van der Waals surface area contributed by atoms with Crippen LogP contribution in [-0.4, -0.2) is 115 Å². The zero-order valence-corrected chi connectivity index (χ0v) is 24.6. The molecule has 40 heavy (non-hydrogen) atoms. The molecule has 1 aromatic carbocycles. The summed E-state index contributed by atoms with van der Waals surface area (Å²) in [5, 5.41) is 10.5. The second-order valence-electron chi connectivity index (χ2n) is 12.0. The zero-order chi connectivity index (χ0) is 28.6. The van der Waals surface area contributed by atoms with E-state index in [0.717, 1.165) is 75.0 Å². The summed E-state index contributed by atoms with van der Waals surface area (Å²) in [7, 11) is 4.08. The number of carbonyl (C=O) groups excluding carboxylic acids is 2. The summed E-state index contributed by atoms with van der Waals surface area (Å²) < 4.78 is 5.69. The van der Waals surface area contributed by atoms with Crippen molar-refractivity contribution in [2.75, 3.05) is 66.5 Å². The topological polar surface area (TPSA) is 93.6 Å². The van der Waals surface area contributed by atoms with Crippen LogP contribution in [0.15, 0.2) is 18.2 Å². The van der Waals surface area contributed by atoms with E-state index in [9.17, 15) is 19.5 Å². The lowest BCUT2D eigenvalue weighted by Crippen LogP contribution is -2.46. The van der Waals surface area contributed by atoms with Gasteiger partial charge in [-0.3, -0.25) is 19.3 Å². The summed E-state index contributed by atoms with van der Waals surface area (Å²) in [6.07, 6.45) is 6.72. The molecule has 3 aliphatic heterocycles. The Kier molecular flexibility index (Phi) is 10.8. The van der Waals surface area contributed by atoms with Gasteiger partial charge in [-0.2, -0.15) is 0 Å². The maximum Gasteiger partial charge on any atom is 0.308 e. The number of piperidine rings is 1. The minimum Gasteiger partial charge on any atom is -0.493 e. The van der Waals surface area contributed by atoms with E-state index in [2.05, 4.69) is 22.8 Å². The van der Waals surface area contributed by atoms with Crippen LogP contribution in [0.25, 0.3) is 0 Å². The van der Waals surface area contributed by atoms with E-state index < -0.39 is 11.9 Å². The van der Waals surface area contributed by atoms with Crippen molar-refractivity contribution in [2.24, 2.45) is 5.92 Å². The molecule has 3 atom stereocenters. The number of amides is 2. The Balaban J connectivity index is 1.55. The molecular formula is C31H48N4O5. The second kappa shape index (κ2) is 14.3. The predicted octanol–water partition coefficient (Wildman–Crippen LogP) is 3.07. The number of hydrogen-bond donors (Lipinski definition) is 1. The van der Waals surface area contributed by atoms with Gasteiger partial charge in [0.25, 0.3) is 0 Å². The third kappa shape index (κ3) is 7.55. The lowest BCUT2D eigenvalue weighted by atomic mass is 9.83. The van der Waals surface area contributed by atoms with Crippen LogP contribution in [0.4, 0.5) is 0 Å². The van der Waals surface area contributed by atoms with Gasteiger partial charge in [0.1, 0.15) is 5.75 Å². The average molecular weight is 557 g/mol. The van der Waals surface area contributed by atoms with Crippen molar-refractivity contribution in [3.63, 3.8) is 0 Å². The lowest BCUT2D eigenvalue weighted by molar-refractivity contribution is -0.144. The Morgan fingerprint density at radius 3 is 2.62 bits per heavy atom. The van der Waals surface area contributed by atoms with E-state index in [1.54, 1.807) is 0 Å². The average Bonchev–Trinajstić information content (AvgIpc) is 3.54. The molecule has 2 amide bonds. The van der Waals surface area contributed by atoms with Crippen LogP contribution in [0.3, 0.4) is 0 Å². The quantitative estimate of drug-likeness (QED) is 0.376. The Labute approximate surface area is 239 Å². The van der Waals surface area contributed by atoms with Gasteiger partial charge in [-0.25, -0.2) is 0 Å². The molecule has 0 aromatic heterocycles. The summed E-state index contributed by atoms with van der Waals surface area (Å²) in [4.78, 5) is 47.1. The van der Waals surface area contributed by atoms with Gasteiger partial charge in [0.15, 0.2) is 0 Å². The van der Waals surface area contributed by atoms with Crippen LogP contribution in [0.1, 0.15) is 68.9 Å². The van der Waals surface area contributed by atoms with Crippen LogP contribution < -0.4 is 4.74 Å². The van der Waals surface area contributed by atoms with E-state index in [1.165, 1.54) is 0 Å². The summed E-state index contributed by atoms with van der Waals surface area (Å²) in [6.45, 7) is 7.11. The van der Waals surface area contributed by atoms with Gasteiger partial charge in [-0.1, -0.05) is 25.5 Å². The molecule has 9 heteroatoms. The molecule has 0 spiro atoms. The van der Waals surface area contributed by atoms with Crippen molar-refractivity contribution in [3.8, 4) is 5.75 Å². The van der Waals surface area contributed by atoms with Crippen molar-refractivity contribution < 1.29 is 24.2 Å². The van der Waals surface area contributed by atoms with Gasteiger partial charge in [-0.05, 0) is 69.9 Å². The molecule has 4 rings (SSSR count). The number of aliphatic carboxylic acids is 1. The molecule has 0 bridgehead atoms. The molecule has 0 radical (unpaired) electrons. The van der Waals surface area contributed by atoms with Crippen LogP contribution >= 0.6 is 0 Å². The third-order valence-corrected chi connectivity index (χ3v) is 8.80. The molecule has 3 heterocycles. The van der Waals surface area contributed by atoms with E-state index in [1.807, 2.05) is 36.0 Å². The minimum absolute atomic E-state index is 0.0680. The molecule has 1 N–H and O–H groups in total. The Morgan fingerprint density at radius 2 is 1.90 bits per heavy atom. The number of hydrogen-bond acceptors (Lipinski definition) is 6. The first kappa shape index (κ1) is 30.3. The normalized spacial score (nSPS) is 22.9. The number of unbranched alkanes of at least 4 members (excludes halogenated alkanes) is 1. The Bertz CT molecular complexity index is 1030. The fraction of sp³-hybridized carbons (Fsp3) is 0.710. The SMILES string of the molecule is CCCCN(CCCN(C)C)C(=O)CN1C[C@H](c2ccc3c(c2)CCO3)C(C(=O)O)[C@@H]1CCN1CCCCC1=O. The number of likely N-dealkylation sites (tertiary alicyclic amines) is 2. The van der Waals surface area contributed by atoms with Gasteiger partial charge in [0, 0.05) is 57.5 Å². The summed E-state index contributed by atoms with van der Waals surface area (Å²) >= 11 is 0. The Hall–Kier alpha value is -2.65. The van der Waals surface area contributed by atoms with E-state index in [4.69, 9.17) is 4.74 Å². The van der Waals surface area contributed by atoms with Crippen LogP contribution in [0.5, 0.6) is 5.75 Å². The molecular weight excluding hydrogens is 508 g/mol. The summed E-state index contributed by atoms with van der Waals surface area (Å²) in [5.41, 5.74) is 2.12. The zero-order valence-electron chi connectivity index (χ0n) is 24.6.